The second-order valence-electron chi connectivity index (χ2n) is 15.2. The summed E-state index contributed by atoms with van der Waals surface area (Å²) in [7, 11) is 0. The molecule has 3 heterocycles. The van der Waals surface area contributed by atoms with Crippen LogP contribution in [-0.2, 0) is 0 Å². The molecule has 6 bridgehead atoms. The molecule has 7 fully saturated rings. The van der Waals surface area contributed by atoms with Crippen LogP contribution in [0, 0.1) is 23.7 Å². The molecule has 0 aromatic heterocycles. The summed E-state index contributed by atoms with van der Waals surface area (Å²) in [6, 6.07) is 9.77. The molecule has 7 aliphatic rings. The van der Waals surface area contributed by atoms with Gasteiger partial charge in [-0.1, -0.05) is 0 Å². The number of piperidine rings is 1. The van der Waals surface area contributed by atoms with Gasteiger partial charge in [0.2, 0.25) is 0 Å². The fraction of sp³-hybridized carbons (Fsp3) is 0.788. The average molecular weight is 551 g/mol. The fourth-order valence-corrected chi connectivity index (χ4v) is 9.79. The predicted molar refractivity (Wildman–Crippen MR) is 158 cm³/mol. The third kappa shape index (κ3) is 5.10. The van der Waals surface area contributed by atoms with Crippen LogP contribution in [0.25, 0.3) is 0 Å². The number of carbonyl (C=O) groups excluding carboxylic acids is 1. The van der Waals surface area contributed by atoms with Gasteiger partial charge in [-0.3, -0.25) is 4.90 Å². The van der Waals surface area contributed by atoms with Gasteiger partial charge in [0, 0.05) is 55.5 Å². The largest absolute Gasteiger partial charge is 0.493 e. The number of nitrogens with one attached hydrogen (secondary N) is 1. The van der Waals surface area contributed by atoms with E-state index in [0.717, 1.165) is 83.5 Å². The molecule has 7 heteroatoms. The number of carbonyl (C=O) groups is 1. The molecule has 7 atom stereocenters. The summed E-state index contributed by atoms with van der Waals surface area (Å²) < 4.78 is 6.30. The number of aliphatic hydroxyl groups is 1. The molecule has 40 heavy (non-hydrogen) atoms. The Morgan fingerprint density at radius 2 is 1.57 bits per heavy atom. The van der Waals surface area contributed by atoms with Crippen molar-refractivity contribution in [3.05, 3.63) is 24.3 Å². The van der Waals surface area contributed by atoms with Crippen molar-refractivity contribution in [1.82, 2.24) is 15.1 Å². The number of urea groups is 1. The van der Waals surface area contributed by atoms with Crippen LogP contribution in [-0.4, -0.2) is 83.0 Å². The Balaban J connectivity index is 0.893. The standard InChI is InChI=1S/C33H50N4O3/c1-32(2,3)36-12-10-35(11-13-36)26-6-8-29(9-7-26)40-21-23-16-27-4-5-28(17-23)37(27)31(38)34-30-24-14-22-15-25(30)20-33(39,18-22)19-24/h6-9,22-25,27-28,30,39H,4-5,10-21H2,1-3H3,(H,34,38)/t22?,23?,24-,25+,27?,28?,30?,33?. The maximum atomic E-state index is 13.6. The van der Waals surface area contributed by atoms with E-state index in [1.165, 1.54) is 18.5 Å². The van der Waals surface area contributed by atoms with Crippen molar-refractivity contribution < 1.29 is 14.6 Å². The predicted octanol–water partition coefficient (Wildman–Crippen LogP) is 4.88. The monoisotopic (exact) mass is 550 g/mol. The number of nitrogens with zero attached hydrogens (tertiary/aromatic N) is 3. The zero-order valence-corrected chi connectivity index (χ0v) is 24.9. The van der Waals surface area contributed by atoms with Crippen molar-refractivity contribution >= 4 is 11.7 Å². The van der Waals surface area contributed by atoms with Crippen molar-refractivity contribution in [3.8, 4) is 5.75 Å². The molecule has 2 N–H and O–H groups in total. The van der Waals surface area contributed by atoms with Crippen LogP contribution in [0.1, 0.15) is 78.6 Å². The van der Waals surface area contributed by atoms with Crippen molar-refractivity contribution in [2.75, 3.05) is 37.7 Å². The van der Waals surface area contributed by atoms with Crippen LogP contribution in [0.4, 0.5) is 10.5 Å². The van der Waals surface area contributed by atoms with E-state index < -0.39 is 5.60 Å². The van der Waals surface area contributed by atoms with Gasteiger partial charge in [-0.2, -0.15) is 0 Å². The highest BCUT2D eigenvalue weighted by molar-refractivity contribution is 5.76. The van der Waals surface area contributed by atoms with Gasteiger partial charge in [0.25, 0.3) is 0 Å². The van der Waals surface area contributed by atoms with Gasteiger partial charge in [0.05, 0.1) is 12.2 Å². The molecular formula is C33H50N4O3. The molecule has 2 amide bonds. The normalized spacial score (nSPS) is 39.0. The lowest BCUT2D eigenvalue weighted by atomic mass is 9.52. The van der Waals surface area contributed by atoms with Gasteiger partial charge in [-0.25, -0.2) is 4.79 Å². The Bertz CT molecular complexity index is 1050. The molecule has 8 rings (SSSR count). The number of benzene rings is 1. The van der Waals surface area contributed by atoms with Crippen LogP contribution in [0.15, 0.2) is 24.3 Å². The van der Waals surface area contributed by atoms with Crippen molar-refractivity contribution in [2.45, 2.75) is 108 Å². The maximum absolute atomic E-state index is 13.6. The van der Waals surface area contributed by atoms with Gasteiger partial charge in [-0.15, -0.1) is 0 Å². The molecule has 1 aromatic carbocycles. The number of amides is 2. The zero-order chi connectivity index (χ0) is 27.6. The lowest BCUT2D eigenvalue weighted by molar-refractivity contribution is -0.137. The van der Waals surface area contributed by atoms with E-state index in [9.17, 15) is 9.90 Å². The Morgan fingerprint density at radius 3 is 2.15 bits per heavy atom. The summed E-state index contributed by atoms with van der Waals surface area (Å²) in [6.07, 6.45) is 9.43. The molecule has 7 nitrogen and oxygen atoms in total. The van der Waals surface area contributed by atoms with Crippen molar-refractivity contribution in [1.29, 1.82) is 0 Å². The Kier molecular flexibility index (Phi) is 6.77. The summed E-state index contributed by atoms with van der Waals surface area (Å²) in [5.41, 5.74) is 1.07. The molecule has 0 radical (unpaired) electrons. The summed E-state index contributed by atoms with van der Waals surface area (Å²) in [6.45, 7) is 12.0. The minimum Gasteiger partial charge on any atom is -0.493 e. The van der Waals surface area contributed by atoms with Gasteiger partial charge in [0.15, 0.2) is 0 Å². The molecule has 3 aliphatic heterocycles. The lowest BCUT2D eigenvalue weighted by Gasteiger charge is -2.58. The number of fused-ring (bicyclic) bond motifs is 2. The number of anilines is 1. The van der Waals surface area contributed by atoms with Crippen molar-refractivity contribution in [3.63, 3.8) is 0 Å². The smallest absolute Gasteiger partial charge is 0.318 e. The fourth-order valence-electron chi connectivity index (χ4n) is 9.79. The van der Waals surface area contributed by atoms with Crippen LogP contribution in [0.5, 0.6) is 5.75 Å². The van der Waals surface area contributed by atoms with E-state index in [2.05, 4.69) is 65.1 Å². The van der Waals surface area contributed by atoms with Gasteiger partial charge in [-0.05, 0) is 126 Å². The molecule has 4 saturated carbocycles. The van der Waals surface area contributed by atoms with Gasteiger partial charge >= 0.3 is 6.03 Å². The second-order valence-corrected chi connectivity index (χ2v) is 15.2. The minimum absolute atomic E-state index is 0.162. The first kappa shape index (κ1) is 26.9. The number of hydrogen-bond acceptors (Lipinski definition) is 5. The van der Waals surface area contributed by atoms with Crippen molar-refractivity contribution in [2.24, 2.45) is 23.7 Å². The first-order chi connectivity index (χ1) is 19.1. The molecule has 5 unspecified atom stereocenters. The number of hydrogen-bond donors (Lipinski definition) is 2. The molecule has 1 aromatic rings. The van der Waals surface area contributed by atoms with Gasteiger partial charge in [0.1, 0.15) is 5.75 Å². The summed E-state index contributed by atoms with van der Waals surface area (Å²) in [5.74, 6) is 3.05. The van der Waals surface area contributed by atoms with Gasteiger partial charge < -0.3 is 25.0 Å². The lowest BCUT2D eigenvalue weighted by Crippen LogP contribution is -2.63. The van der Waals surface area contributed by atoms with E-state index in [0.29, 0.717) is 35.8 Å². The highest BCUT2D eigenvalue weighted by Gasteiger charge is 2.55. The zero-order valence-electron chi connectivity index (χ0n) is 24.9. The number of rotatable bonds is 5. The number of piperazine rings is 1. The summed E-state index contributed by atoms with van der Waals surface area (Å²) in [4.78, 5) is 20.8. The molecule has 0 spiro atoms. The quantitative estimate of drug-likeness (QED) is 0.547. The molecule has 4 aliphatic carbocycles. The van der Waals surface area contributed by atoms with Crippen LogP contribution in [0.2, 0.25) is 0 Å². The summed E-state index contributed by atoms with van der Waals surface area (Å²) in [5, 5.41) is 14.4. The van der Waals surface area contributed by atoms with E-state index in [4.69, 9.17) is 4.74 Å². The van der Waals surface area contributed by atoms with E-state index in [1.807, 2.05) is 0 Å². The van der Waals surface area contributed by atoms with Crippen LogP contribution >= 0.6 is 0 Å². The molecular weight excluding hydrogens is 500 g/mol. The minimum atomic E-state index is -0.447. The third-order valence-corrected chi connectivity index (χ3v) is 11.5. The Hall–Kier alpha value is -1.99. The number of ether oxygens (including phenoxy) is 1. The van der Waals surface area contributed by atoms with E-state index >= 15 is 0 Å². The second kappa shape index (κ2) is 10.1. The Labute approximate surface area is 240 Å². The first-order valence-electron chi connectivity index (χ1n) is 16.2. The molecule has 3 saturated heterocycles. The SMILES string of the molecule is CC(C)(C)N1CCN(c2ccc(OCC3CC4CCC(C3)N4C(=O)NC3[C@@H]4CC5C[C@H]3CC(O)(C5)C4)cc2)CC1. The van der Waals surface area contributed by atoms with E-state index in [1.54, 1.807) is 0 Å². The van der Waals surface area contributed by atoms with Crippen LogP contribution < -0.4 is 15.0 Å². The van der Waals surface area contributed by atoms with E-state index in [-0.39, 0.29) is 17.6 Å². The summed E-state index contributed by atoms with van der Waals surface area (Å²) >= 11 is 0. The maximum Gasteiger partial charge on any atom is 0.318 e. The molecule has 220 valence electrons. The highest BCUT2D eigenvalue weighted by atomic mass is 16.5. The highest BCUT2D eigenvalue weighted by Crippen LogP contribution is 2.55. The van der Waals surface area contributed by atoms with Crippen LogP contribution in [0.3, 0.4) is 0 Å². The average Bonchev–Trinajstić information content (AvgIpc) is 3.18. The third-order valence-electron chi connectivity index (χ3n) is 11.5. The Morgan fingerprint density at radius 1 is 0.950 bits per heavy atom. The first-order valence-corrected chi connectivity index (χ1v) is 16.2. The topological polar surface area (TPSA) is 68.3 Å².